The van der Waals surface area contributed by atoms with Crippen molar-refractivity contribution in [1.82, 2.24) is 9.78 Å². The first-order valence-corrected chi connectivity index (χ1v) is 7.90. The van der Waals surface area contributed by atoms with E-state index in [1.807, 2.05) is 29.8 Å². The van der Waals surface area contributed by atoms with Crippen LogP contribution in [0.4, 0.5) is 5.69 Å². The van der Waals surface area contributed by atoms with Crippen molar-refractivity contribution in [3.8, 4) is 0 Å². The molecule has 6 heteroatoms. The van der Waals surface area contributed by atoms with Gasteiger partial charge >= 0.3 is 0 Å². The lowest BCUT2D eigenvalue weighted by molar-refractivity contribution is 0.622. The first-order valence-electron chi connectivity index (χ1n) is 5.93. The summed E-state index contributed by atoms with van der Waals surface area (Å²) in [6.07, 6.45) is 0. The minimum Gasteiger partial charge on any atom is -0.379 e. The van der Waals surface area contributed by atoms with Crippen LogP contribution < -0.4 is 5.32 Å². The zero-order chi connectivity index (χ0) is 14.0. The van der Waals surface area contributed by atoms with Gasteiger partial charge in [0.25, 0.3) is 0 Å². The second-order valence-electron chi connectivity index (χ2n) is 4.14. The van der Waals surface area contributed by atoms with Crippen molar-refractivity contribution in [2.45, 2.75) is 26.9 Å². The lowest BCUT2D eigenvalue weighted by Crippen LogP contribution is -2.08. The highest BCUT2D eigenvalue weighted by Gasteiger charge is 2.11. The normalized spacial score (nSPS) is 10.8. The van der Waals surface area contributed by atoms with Crippen LogP contribution in [0.15, 0.2) is 27.1 Å². The van der Waals surface area contributed by atoms with Gasteiger partial charge in [0.05, 0.1) is 27.4 Å². The zero-order valence-electron chi connectivity index (χ0n) is 10.7. The van der Waals surface area contributed by atoms with Crippen LogP contribution in [-0.2, 0) is 13.1 Å². The topological polar surface area (TPSA) is 29.9 Å². The van der Waals surface area contributed by atoms with Crippen LogP contribution in [0.2, 0.25) is 5.02 Å². The van der Waals surface area contributed by atoms with Crippen molar-refractivity contribution in [3.63, 3.8) is 0 Å². The van der Waals surface area contributed by atoms with E-state index >= 15 is 0 Å². The summed E-state index contributed by atoms with van der Waals surface area (Å²) in [5.41, 5.74) is 3.13. The number of aryl methyl sites for hydroxylation is 2. The van der Waals surface area contributed by atoms with Gasteiger partial charge in [-0.3, -0.25) is 4.68 Å². The molecule has 0 aliphatic carbocycles. The van der Waals surface area contributed by atoms with E-state index in [0.29, 0.717) is 11.6 Å². The van der Waals surface area contributed by atoms with Crippen LogP contribution in [0.1, 0.15) is 18.3 Å². The Labute approximate surface area is 134 Å². The van der Waals surface area contributed by atoms with Gasteiger partial charge < -0.3 is 5.32 Å². The summed E-state index contributed by atoms with van der Waals surface area (Å²) >= 11 is 13.0. The molecule has 0 radical (unpaired) electrons. The Hall–Kier alpha value is -0.520. The van der Waals surface area contributed by atoms with Gasteiger partial charge in [0.1, 0.15) is 0 Å². The average Bonchev–Trinajstić information content (AvgIpc) is 2.67. The Bertz CT molecular complexity index is 596. The molecule has 0 bridgehead atoms. The van der Waals surface area contributed by atoms with Crippen molar-refractivity contribution in [2.24, 2.45) is 0 Å². The zero-order valence-corrected chi connectivity index (χ0v) is 14.6. The fourth-order valence-corrected chi connectivity index (χ4v) is 2.68. The van der Waals surface area contributed by atoms with E-state index in [1.54, 1.807) is 0 Å². The van der Waals surface area contributed by atoms with Gasteiger partial charge in [-0.05, 0) is 63.9 Å². The maximum absolute atomic E-state index is 6.08. The molecule has 1 aromatic carbocycles. The summed E-state index contributed by atoms with van der Waals surface area (Å²) < 4.78 is 3.95. The molecule has 1 heterocycles. The highest BCUT2D eigenvalue weighted by Crippen LogP contribution is 2.27. The Kier molecular flexibility index (Phi) is 4.92. The number of hydrogen-bond donors (Lipinski definition) is 1. The highest BCUT2D eigenvalue weighted by molar-refractivity contribution is 9.10. The molecule has 0 atom stereocenters. The average molecular weight is 408 g/mol. The summed E-state index contributed by atoms with van der Waals surface area (Å²) in [5.74, 6) is 0. The Morgan fingerprint density at radius 2 is 2.11 bits per heavy atom. The molecule has 19 heavy (non-hydrogen) atoms. The number of anilines is 1. The molecule has 0 aliphatic heterocycles. The molecule has 0 unspecified atom stereocenters. The van der Waals surface area contributed by atoms with Crippen molar-refractivity contribution < 1.29 is 0 Å². The Morgan fingerprint density at radius 3 is 2.74 bits per heavy atom. The van der Waals surface area contributed by atoms with Crippen molar-refractivity contribution in [3.05, 3.63) is 43.6 Å². The number of nitrogens with zero attached hydrogens (tertiary/aromatic N) is 2. The predicted molar refractivity (Wildman–Crippen MR) is 86.8 cm³/mol. The molecule has 2 aromatic rings. The van der Waals surface area contributed by atoms with Gasteiger partial charge in [-0.1, -0.05) is 11.6 Å². The summed E-state index contributed by atoms with van der Waals surface area (Å²) in [7, 11) is 0. The summed E-state index contributed by atoms with van der Waals surface area (Å²) in [6, 6.07) is 5.82. The van der Waals surface area contributed by atoms with Crippen LogP contribution >= 0.6 is 43.5 Å². The quantitative estimate of drug-likeness (QED) is 0.773. The molecular weight excluding hydrogens is 393 g/mol. The van der Waals surface area contributed by atoms with Gasteiger partial charge in [-0.2, -0.15) is 5.10 Å². The smallest absolute Gasteiger partial charge is 0.0739 e. The monoisotopic (exact) mass is 405 g/mol. The molecular formula is C13H14Br2ClN3. The molecule has 102 valence electrons. The number of halogens is 3. The number of nitrogens with one attached hydrogen (secondary N) is 1. The second kappa shape index (κ2) is 6.29. The first kappa shape index (κ1) is 14.9. The second-order valence-corrected chi connectivity index (χ2v) is 6.20. The number of aromatic nitrogens is 2. The molecule has 1 N–H and O–H groups in total. The molecule has 0 saturated carbocycles. The third-order valence-corrected chi connectivity index (χ3v) is 5.10. The van der Waals surface area contributed by atoms with Gasteiger partial charge in [0, 0.05) is 16.7 Å². The van der Waals surface area contributed by atoms with E-state index in [9.17, 15) is 0 Å². The van der Waals surface area contributed by atoms with Crippen molar-refractivity contribution >= 4 is 49.1 Å². The third-order valence-electron chi connectivity index (χ3n) is 2.83. The van der Waals surface area contributed by atoms with Crippen LogP contribution in [0.25, 0.3) is 0 Å². The van der Waals surface area contributed by atoms with E-state index in [2.05, 4.69) is 49.2 Å². The largest absolute Gasteiger partial charge is 0.379 e. The minimum absolute atomic E-state index is 0.698. The van der Waals surface area contributed by atoms with Gasteiger partial charge in [-0.15, -0.1) is 0 Å². The molecule has 2 rings (SSSR count). The summed E-state index contributed by atoms with van der Waals surface area (Å²) in [4.78, 5) is 0. The van der Waals surface area contributed by atoms with E-state index < -0.39 is 0 Å². The minimum atomic E-state index is 0.698. The van der Waals surface area contributed by atoms with Crippen LogP contribution in [0.5, 0.6) is 0 Å². The number of rotatable bonds is 4. The predicted octanol–water partition coefficient (Wildman–Crippen LogP) is 5.00. The molecule has 1 aromatic heterocycles. The van der Waals surface area contributed by atoms with E-state index in [4.69, 9.17) is 11.6 Å². The lowest BCUT2D eigenvalue weighted by Gasteiger charge is -2.09. The molecule has 0 spiro atoms. The van der Waals surface area contributed by atoms with Gasteiger partial charge in [0.15, 0.2) is 0 Å². The molecule has 0 amide bonds. The van der Waals surface area contributed by atoms with E-state index in [0.717, 1.165) is 32.6 Å². The van der Waals surface area contributed by atoms with Crippen LogP contribution in [-0.4, -0.2) is 9.78 Å². The number of hydrogen-bond acceptors (Lipinski definition) is 2. The molecule has 0 fully saturated rings. The summed E-state index contributed by atoms with van der Waals surface area (Å²) in [6.45, 7) is 5.63. The maximum atomic E-state index is 6.08. The number of benzene rings is 1. The van der Waals surface area contributed by atoms with Gasteiger partial charge in [-0.25, -0.2) is 0 Å². The van der Waals surface area contributed by atoms with E-state index in [-0.39, 0.29) is 0 Å². The first-order chi connectivity index (χ1) is 9.02. The van der Waals surface area contributed by atoms with Crippen LogP contribution in [0, 0.1) is 6.92 Å². The van der Waals surface area contributed by atoms with E-state index in [1.165, 1.54) is 0 Å². The standard InChI is InChI=1S/C13H14Br2ClN3/c1-3-19-12(13(15)8(2)18-19)7-17-9-4-5-10(14)11(16)6-9/h4-6,17H,3,7H2,1-2H3. The SMILES string of the molecule is CCn1nc(C)c(Br)c1CNc1ccc(Br)c(Cl)c1. The molecule has 3 nitrogen and oxygen atoms in total. The lowest BCUT2D eigenvalue weighted by atomic mass is 10.3. The Morgan fingerprint density at radius 1 is 1.37 bits per heavy atom. The van der Waals surface area contributed by atoms with Gasteiger partial charge in [0.2, 0.25) is 0 Å². The van der Waals surface area contributed by atoms with Crippen LogP contribution in [0.3, 0.4) is 0 Å². The highest BCUT2D eigenvalue weighted by atomic mass is 79.9. The third kappa shape index (κ3) is 3.33. The fourth-order valence-electron chi connectivity index (χ4n) is 1.83. The maximum Gasteiger partial charge on any atom is 0.0739 e. The van der Waals surface area contributed by atoms with Crippen molar-refractivity contribution in [1.29, 1.82) is 0 Å². The van der Waals surface area contributed by atoms with Crippen molar-refractivity contribution in [2.75, 3.05) is 5.32 Å². The summed E-state index contributed by atoms with van der Waals surface area (Å²) in [5, 5.41) is 8.53. The molecule has 0 aliphatic rings. The Balaban J connectivity index is 2.16. The molecule has 0 saturated heterocycles. The fraction of sp³-hybridized carbons (Fsp3) is 0.308.